The summed E-state index contributed by atoms with van der Waals surface area (Å²) < 4.78 is 5.20. The summed E-state index contributed by atoms with van der Waals surface area (Å²) in [4.78, 5) is 16.3. The molecule has 4 nitrogen and oxygen atoms in total. The van der Waals surface area contributed by atoms with Crippen LogP contribution in [-0.2, 0) is 6.42 Å². The number of rotatable bonds is 6. The molecule has 0 saturated carbocycles. The van der Waals surface area contributed by atoms with Crippen LogP contribution in [-0.4, -0.2) is 50.5 Å². The molecule has 1 fully saturated rings. The summed E-state index contributed by atoms with van der Waals surface area (Å²) in [6, 6.07) is 16.3. The van der Waals surface area contributed by atoms with Crippen molar-refractivity contribution in [1.29, 1.82) is 0 Å². The lowest BCUT2D eigenvalue weighted by Crippen LogP contribution is -2.47. The summed E-state index contributed by atoms with van der Waals surface area (Å²) in [5, 5.41) is 0. The Balaban J connectivity index is 1.47. The van der Waals surface area contributed by atoms with Gasteiger partial charge < -0.3 is 9.64 Å². The van der Waals surface area contributed by atoms with Crippen molar-refractivity contribution >= 4 is 11.5 Å². The lowest BCUT2D eigenvalue weighted by atomic mass is 10.1. The first-order valence-electron chi connectivity index (χ1n) is 8.87. The quantitative estimate of drug-likeness (QED) is 0.757. The highest BCUT2D eigenvalue weighted by atomic mass is 16.5. The van der Waals surface area contributed by atoms with Gasteiger partial charge in [0.25, 0.3) is 0 Å². The van der Waals surface area contributed by atoms with E-state index in [0.29, 0.717) is 0 Å². The van der Waals surface area contributed by atoms with Crippen LogP contribution in [0.2, 0.25) is 0 Å². The molecule has 1 aliphatic heterocycles. The molecule has 0 bridgehead atoms. The van der Waals surface area contributed by atoms with Crippen LogP contribution in [0.15, 0.2) is 48.5 Å². The van der Waals surface area contributed by atoms with Gasteiger partial charge in [0, 0.05) is 44.0 Å². The summed E-state index contributed by atoms with van der Waals surface area (Å²) in [6.07, 6.45) is 1.07. The number of hydrogen-bond acceptors (Lipinski definition) is 4. The van der Waals surface area contributed by atoms with Gasteiger partial charge in [0.2, 0.25) is 0 Å². The van der Waals surface area contributed by atoms with E-state index >= 15 is 0 Å². The SMILES string of the molecule is COc1ccc(CCN2CCN(c3ccc(C(C)=O)cc3)CC2)cc1. The maximum atomic E-state index is 11.4. The highest BCUT2D eigenvalue weighted by molar-refractivity contribution is 5.94. The number of nitrogens with zero attached hydrogens (tertiary/aromatic N) is 2. The normalized spacial score (nSPS) is 15.2. The van der Waals surface area contributed by atoms with Crippen LogP contribution in [0.5, 0.6) is 5.75 Å². The second-order valence-electron chi connectivity index (χ2n) is 6.53. The molecular formula is C21H26N2O2. The molecule has 0 spiro atoms. The molecule has 1 aliphatic rings. The molecule has 25 heavy (non-hydrogen) atoms. The Morgan fingerprint density at radius 3 is 2.16 bits per heavy atom. The number of carbonyl (C=O) groups is 1. The Labute approximate surface area is 150 Å². The zero-order valence-electron chi connectivity index (χ0n) is 15.1. The van der Waals surface area contributed by atoms with Crippen LogP contribution in [0.3, 0.4) is 0 Å². The van der Waals surface area contributed by atoms with Crippen LogP contribution in [0.25, 0.3) is 0 Å². The summed E-state index contributed by atoms with van der Waals surface area (Å²) >= 11 is 0. The molecule has 0 aromatic heterocycles. The minimum absolute atomic E-state index is 0.120. The molecule has 0 amide bonds. The van der Waals surface area contributed by atoms with E-state index in [9.17, 15) is 4.79 Å². The molecule has 0 aliphatic carbocycles. The first-order valence-corrected chi connectivity index (χ1v) is 8.87. The highest BCUT2D eigenvalue weighted by Crippen LogP contribution is 2.18. The van der Waals surface area contributed by atoms with E-state index < -0.39 is 0 Å². The smallest absolute Gasteiger partial charge is 0.159 e. The van der Waals surface area contributed by atoms with Gasteiger partial charge in [-0.15, -0.1) is 0 Å². The minimum atomic E-state index is 0.120. The van der Waals surface area contributed by atoms with Crippen LogP contribution in [0, 0.1) is 0 Å². The van der Waals surface area contributed by atoms with Gasteiger partial charge >= 0.3 is 0 Å². The number of ether oxygens (including phenoxy) is 1. The zero-order chi connectivity index (χ0) is 17.6. The van der Waals surface area contributed by atoms with E-state index in [0.717, 1.165) is 50.5 Å². The van der Waals surface area contributed by atoms with E-state index in [1.807, 2.05) is 24.3 Å². The average molecular weight is 338 g/mol. The molecule has 1 saturated heterocycles. The van der Waals surface area contributed by atoms with E-state index in [4.69, 9.17) is 4.74 Å². The fraction of sp³-hybridized carbons (Fsp3) is 0.381. The number of piperazine rings is 1. The van der Waals surface area contributed by atoms with Crippen molar-refractivity contribution in [3.63, 3.8) is 0 Å². The Morgan fingerprint density at radius 2 is 1.60 bits per heavy atom. The Morgan fingerprint density at radius 1 is 0.960 bits per heavy atom. The van der Waals surface area contributed by atoms with Gasteiger partial charge in [-0.05, 0) is 55.3 Å². The van der Waals surface area contributed by atoms with Gasteiger partial charge in [0.05, 0.1) is 7.11 Å². The van der Waals surface area contributed by atoms with Crippen molar-refractivity contribution in [3.05, 3.63) is 59.7 Å². The zero-order valence-corrected chi connectivity index (χ0v) is 15.1. The van der Waals surface area contributed by atoms with Gasteiger partial charge in [-0.1, -0.05) is 12.1 Å². The number of methoxy groups -OCH3 is 1. The fourth-order valence-corrected chi connectivity index (χ4v) is 3.22. The number of carbonyl (C=O) groups excluding carboxylic acids is 1. The summed E-state index contributed by atoms with van der Waals surface area (Å²) in [5.41, 5.74) is 3.34. The molecule has 4 heteroatoms. The molecule has 3 rings (SSSR count). The fourth-order valence-electron chi connectivity index (χ4n) is 3.22. The van der Waals surface area contributed by atoms with Crippen molar-refractivity contribution in [2.45, 2.75) is 13.3 Å². The molecule has 2 aromatic rings. The van der Waals surface area contributed by atoms with E-state index in [1.165, 1.54) is 11.3 Å². The Kier molecular flexibility index (Phi) is 5.71. The molecule has 0 radical (unpaired) electrons. The second kappa shape index (κ2) is 8.17. The highest BCUT2D eigenvalue weighted by Gasteiger charge is 2.17. The van der Waals surface area contributed by atoms with Crippen molar-refractivity contribution in [3.8, 4) is 5.75 Å². The monoisotopic (exact) mass is 338 g/mol. The molecule has 132 valence electrons. The average Bonchev–Trinajstić information content (AvgIpc) is 2.67. The third-order valence-corrected chi connectivity index (χ3v) is 4.89. The van der Waals surface area contributed by atoms with Gasteiger partial charge in [0.1, 0.15) is 5.75 Å². The van der Waals surface area contributed by atoms with Crippen molar-refractivity contribution in [2.24, 2.45) is 0 Å². The maximum Gasteiger partial charge on any atom is 0.159 e. The number of Topliss-reactive ketones (excluding diaryl/α,β-unsaturated/α-hetero) is 1. The lowest BCUT2D eigenvalue weighted by molar-refractivity contribution is 0.101. The van der Waals surface area contributed by atoms with Crippen molar-refractivity contribution < 1.29 is 9.53 Å². The maximum absolute atomic E-state index is 11.4. The van der Waals surface area contributed by atoms with Gasteiger partial charge in [-0.3, -0.25) is 9.69 Å². The molecule has 2 aromatic carbocycles. The first kappa shape index (κ1) is 17.5. The third-order valence-electron chi connectivity index (χ3n) is 4.89. The predicted octanol–water partition coefficient (Wildman–Crippen LogP) is 3.26. The van der Waals surface area contributed by atoms with Crippen LogP contribution >= 0.6 is 0 Å². The first-order chi connectivity index (χ1) is 12.2. The Hall–Kier alpha value is -2.33. The van der Waals surface area contributed by atoms with Gasteiger partial charge in [0.15, 0.2) is 5.78 Å². The Bertz CT molecular complexity index is 687. The number of anilines is 1. The van der Waals surface area contributed by atoms with Crippen LogP contribution in [0.1, 0.15) is 22.8 Å². The number of ketones is 1. The number of benzene rings is 2. The molecule has 0 atom stereocenters. The second-order valence-corrected chi connectivity index (χ2v) is 6.53. The largest absolute Gasteiger partial charge is 0.497 e. The van der Waals surface area contributed by atoms with Crippen LogP contribution < -0.4 is 9.64 Å². The van der Waals surface area contributed by atoms with Crippen molar-refractivity contribution in [1.82, 2.24) is 4.90 Å². The molecule has 0 N–H and O–H groups in total. The van der Waals surface area contributed by atoms with E-state index in [2.05, 4.69) is 34.1 Å². The topological polar surface area (TPSA) is 32.8 Å². The summed E-state index contributed by atoms with van der Waals surface area (Å²) in [7, 11) is 1.70. The van der Waals surface area contributed by atoms with E-state index in [-0.39, 0.29) is 5.78 Å². The lowest BCUT2D eigenvalue weighted by Gasteiger charge is -2.36. The summed E-state index contributed by atoms with van der Waals surface area (Å²) in [6.45, 7) is 6.90. The standard InChI is InChI=1S/C21H26N2O2/c1-17(24)19-5-7-20(8-6-19)23-15-13-22(14-16-23)12-11-18-3-9-21(25-2)10-4-18/h3-10H,11-16H2,1-2H3. The van der Waals surface area contributed by atoms with Gasteiger partial charge in [-0.2, -0.15) is 0 Å². The van der Waals surface area contributed by atoms with Crippen molar-refractivity contribution in [2.75, 3.05) is 44.7 Å². The molecule has 0 unspecified atom stereocenters. The third kappa shape index (κ3) is 4.60. The summed E-state index contributed by atoms with van der Waals surface area (Å²) in [5.74, 6) is 1.03. The molecular weight excluding hydrogens is 312 g/mol. The molecule has 1 heterocycles. The van der Waals surface area contributed by atoms with Crippen LogP contribution in [0.4, 0.5) is 5.69 Å². The predicted molar refractivity (Wildman–Crippen MR) is 102 cm³/mol. The van der Waals surface area contributed by atoms with E-state index in [1.54, 1.807) is 14.0 Å². The number of hydrogen-bond donors (Lipinski definition) is 0. The van der Waals surface area contributed by atoms with Gasteiger partial charge in [-0.25, -0.2) is 0 Å². The minimum Gasteiger partial charge on any atom is -0.497 e.